The van der Waals surface area contributed by atoms with Crippen molar-refractivity contribution in [1.29, 1.82) is 0 Å². The first-order valence-corrected chi connectivity index (χ1v) is 9.99. The molecule has 33 heavy (non-hydrogen) atoms. The fourth-order valence-corrected chi connectivity index (χ4v) is 3.17. The van der Waals surface area contributed by atoms with Gasteiger partial charge in [-0.15, -0.1) is 0 Å². The van der Waals surface area contributed by atoms with Crippen LogP contribution in [-0.2, 0) is 0 Å². The molecule has 0 aliphatic carbocycles. The van der Waals surface area contributed by atoms with Gasteiger partial charge in [0.15, 0.2) is 5.78 Å². The average molecular weight is 448 g/mol. The second-order valence-corrected chi connectivity index (χ2v) is 6.73. The van der Waals surface area contributed by atoms with Gasteiger partial charge in [-0.2, -0.15) is 0 Å². The summed E-state index contributed by atoms with van der Waals surface area (Å²) >= 11 is 0. The standard InChI is InChI=1S/C26H24O7/c1-29-18-13-14-19(24(16-18)32-4)20(27)15-12-17-8-5-6-9-21(17)33-26(28)25-22(30-2)10-7-11-23(25)31-3/h5-16H,1-4H3/b15-12+. The number of esters is 1. The summed E-state index contributed by atoms with van der Waals surface area (Å²) in [6.45, 7) is 0. The summed E-state index contributed by atoms with van der Waals surface area (Å²) < 4.78 is 26.7. The van der Waals surface area contributed by atoms with E-state index in [1.165, 1.54) is 34.5 Å². The number of benzene rings is 3. The van der Waals surface area contributed by atoms with Crippen LogP contribution in [0.2, 0.25) is 0 Å². The van der Waals surface area contributed by atoms with E-state index in [-0.39, 0.29) is 17.1 Å². The number of carbonyl (C=O) groups excluding carboxylic acids is 2. The lowest BCUT2D eigenvalue weighted by Gasteiger charge is -2.13. The molecule has 0 saturated carbocycles. The van der Waals surface area contributed by atoms with E-state index in [0.717, 1.165) is 0 Å². The summed E-state index contributed by atoms with van der Waals surface area (Å²) in [6, 6.07) is 16.8. The first-order chi connectivity index (χ1) is 16.0. The molecule has 0 fully saturated rings. The number of ketones is 1. The summed E-state index contributed by atoms with van der Waals surface area (Å²) in [5, 5.41) is 0. The number of rotatable bonds is 9. The Balaban J connectivity index is 1.87. The number of ether oxygens (including phenoxy) is 5. The number of methoxy groups -OCH3 is 4. The molecule has 7 heteroatoms. The van der Waals surface area contributed by atoms with Crippen molar-refractivity contribution in [2.24, 2.45) is 0 Å². The van der Waals surface area contributed by atoms with Crippen molar-refractivity contribution in [3.8, 4) is 28.7 Å². The van der Waals surface area contributed by atoms with Gasteiger partial charge in [0, 0.05) is 11.6 Å². The monoisotopic (exact) mass is 448 g/mol. The van der Waals surface area contributed by atoms with Crippen molar-refractivity contribution in [2.45, 2.75) is 0 Å². The highest BCUT2D eigenvalue weighted by Crippen LogP contribution is 2.31. The Bertz CT molecular complexity index is 1160. The number of hydrogen-bond acceptors (Lipinski definition) is 7. The fraction of sp³-hybridized carbons (Fsp3) is 0.154. The van der Waals surface area contributed by atoms with Crippen LogP contribution in [0, 0.1) is 0 Å². The molecule has 0 heterocycles. The summed E-state index contributed by atoms with van der Waals surface area (Å²) in [5.74, 6) is 0.989. The third kappa shape index (κ3) is 5.33. The number of carbonyl (C=O) groups is 2. The highest BCUT2D eigenvalue weighted by atomic mass is 16.5. The van der Waals surface area contributed by atoms with E-state index in [2.05, 4.69) is 0 Å². The summed E-state index contributed by atoms with van der Waals surface area (Å²) in [4.78, 5) is 25.7. The van der Waals surface area contributed by atoms with Crippen molar-refractivity contribution in [3.05, 3.63) is 83.4 Å². The third-order valence-corrected chi connectivity index (χ3v) is 4.84. The molecular formula is C26H24O7. The van der Waals surface area contributed by atoms with Crippen molar-refractivity contribution in [1.82, 2.24) is 0 Å². The quantitative estimate of drug-likeness (QED) is 0.201. The molecule has 0 aromatic heterocycles. The lowest BCUT2D eigenvalue weighted by Crippen LogP contribution is -2.12. The van der Waals surface area contributed by atoms with Gasteiger partial charge >= 0.3 is 5.97 Å². The minimum atomic E-state index is -0.645. The van der Waals surface area contributed by atoms with Crippen molar-refractivity contribution in [3.63, 3.8) is 0 Å². The largest absolute Gasteiger partial charge is 0.497 e. The first-order valence-electron chi connectivity index (χ1n) is 9.99. The van der Waals surface area contributed by atoms with Gasteiger partial charge in [0.1, 0.15) is 34.3 Å². The SMILES string of the molecule is COc1ccc(C(=O)/C=C/c2ccccc2OC(=O)c2c(OC)cccc2OC)c(OC)c1. The molecule has 170 valence electrons. The smallest absolute Gasteiger partial charge is 0.351 e. The second kappa shape index (κ2) is 10.9. The number of para-hydroxylation sites is 1. The fourth-order valence-electron chi connectivity index (χ4n) is 3.17. The minimum absolute atomic E-state index is 0.167. The summed E-state index contributed by atoms with van der Waals surface area (Å²) in [7, 11) is 5.94. The van der Waals surface area contributed by atoms with Crippen LogP contribution in [-0.4, -0.2) is 40.2 Å². The number of allylic oxidation sites excluding steroid dienone is 1. The summed E-state index contributed by atoms with van der Waals surface area (Å²) in [5.41, 5.74) is 1.09. The van der Waals surface area contributed by atoms with Crippen LogP contribution in [0.5, 0.6) is 28.7 Å². The Morgan fingerprint density at radius 2 is 1.33 bits per heavy atom. The van der Waals surface area contributed by atoms with E-state index >= 15 is 0 Å². The Labute approximate surface area is 192 Å². The molecule has 0 unspecified atom stereocenters. The highest BCUT2D eigenvalue weighted by molar-refractivity contribution is 6.09. The molecule has 3 rings (SSSR count). The molecule has 0 aliphatic rings. The van der Waals surface area contributed by atoms with E-state index < -0.39 is 5.97 Å². The lowest BCUT2D eigenvalue weighted by atomic mass is 10.1. The van der Waals surface area contributed by atoms with E-state index in [1.807, 2.05) is 0 Å². The average Bonchev–Trinajstić information content (AvgIpc) is 2.86. The molecule has 3 aromatic carbocycles. The van der Waals surface area contributed by atoms with Crippen molar-refractivity contribution in [2.75, 3.05) is 28.4 Å². The van der Waals surface area contributed by atoms with Gasteiger partial charge in [0.25, 0.3) is 0 Å². The van der Waals surface area contributed by atoms with Crippen LogP contribution in [0.25, 0.3) is 6.08 Å². The maximum atomic E-state index is 12.9. The van der Waals surface area contributed by atoms with Gasteiger partial charge in [0.2, 0.25) is 0 Å². The third-order valence-electron chi connectivity index (χ3n) is 4.84. The highest BCUT2D eigenvalue weighted by Gasteiger charge is 2.21. The van der Waals surface area contributed by atoms with Crippen LogP contribution >= 0.6 is 0 Å². The molecular weight excluding hydrogens is 424 g/mol. The Morgan fingerprint density at radius 3 is 1.97 bits per heavy atom. The zero-order valence-corrected chi connectivity index (χ0v) is 18.8. The minimum Gasteiger partial charge on any atom is -0.497 e. The Kier molecular flexibility index (Phi) is 7.70. The van der Waals surface area contributed by atoms with Gasteiger partial charge in [-0.1, -0.05) is 24.3 Å². The predicted molar refractivity (Wildman–Crippen MR) is 124 cm³/mol. The van der Waals surface area contributed by atoms with Crippen molar-refractivity contribution < 1.29 is 33.3 Å². The van der Waals surface area contributed by atoms with Crippen LogP contribution in [0.15, 0.2) is 66.7 Å². The zero-order chi connectivity index (χ0) is 23.8. The topological polar surface area (TPSA) is 80.3 Å². The molecule has 0 saturated heterocycles. The van der Waals surface area contributed by atoms with Gasteiger partial charge in [-0.05, 0) is 42.5 Å². The first kappa shape index (κ1) is 23.4. The molecule has 7 nitrogen and oxygen atoms in total. The maximum absolute atomic E-state index is 12.9. The van der Waals surface area contributed by atoms with E-state index in [1.54, 1.807) is 66.7 Å². The predicted octanol–water partition coefficient (Wildman–Crippen LogP) is 4.84. The van der Waals surface area contributed by atoms with E-state index in [9.17, 15) is 9.59 Å². The van der Waals surface area contributed by atoms with Gasteiger partial charge < -0.3 is 23.7 Å². The maximum Gasteiger partial charge on any atom is 0.351 e. The van der Waals surface area contributed by atoms with E-state index in [4.69, 9.17) is 23.7 Å². The number of hydrogen-bond donors (Lipinski definition) is 0. The normalized spacial score (nSPS) is 10.5. The van der Waals surface area contributed by atoms with Gasteiger partial charge in [-0.3, -0.25) is 4.79 Å². The van der Waals surface area contributed by atoms with Gasteiger partial charge in [0.05, 0.1) is 34.0 Å². The molecule has 0 spiro atoms. The molecule has 3 aromatic rings. The zero-order valence-electron chi connectivity index (χ0n) is 18.8. The molecule has 0 N–H and O–H groups in total. The van der Waals surface area contributed by atoms with E-state index in [0.29, 0.717) is 34.1 Å². The van der Waals surface area contributed by atoms with Crippen LogP contribution in [0.3, 0.4) is 0 Å². The molecule has 0 atom stereocenters. The molecule has 0 bridgehead atoms. The van der Waals surface area contributed by atoms with Gasteiger partial charge in [-0.25, -0.2) is 4.79 Å². The summed E-state index contributed by atoms with van der Waals surface area (Å²) in [6.07, 6.45) is 2.97. The van der Waals surface area contributed by atoms with Crippen LogP contribution < -0.4 is 23.7 Å². The molecule has 0 aliphatic heterocycles. The molecule has 0 radical (unpaired) electrons. The molecule has 0 amide bonds. The van der Waals surface area contributed by atoms with Crippen molar-refractivity contribution >= 4 is 17.8 Å². The lowest BCUT2D eigenvalue weighted by molar-refractivity contribution is 0.0727. The Hall–Kier alpha value is -4.26. The second-order valence-electron chi connectivity index (χ2n) is 6.73. The van der Waals surface area contributed by atoms with Crippen LogP contribution in [0.1, 0.15) is 26.3 Å². The van der Waals surface area contributed by atoms with Crippen LogP contribution in [0.4, 0.5) is 0 Å². The Morgan fingerprint density at radius 1 is 0.697 bits per heavy atom.